The van der Waals surface area contributed by atoms with Gasteiger partial charge in [0.05, 0.1) is 6.17 Å². The van der Waals surface area contributed by atoms with Crippen molar-refractivity contribution in [2.45, 2.75) is 31.1 Å². The molecule has 2 aliphatic rings. The second-order valence-electron chi connectivity index (χ2n) is 5.62. The monoisotopic (exact) mass is 241 g/mol. The van der Waals surface area contributed by atoms with Gasteiger partial charge in [-0.1, -0.05) is 0 Å². The predicted molar refractivity (Wildman–Crippen MR) is 70.9 cm³/mol. The van der Waals surface area contributed by atoms with Crippen molar-refractivity contribution >= 4 is 0 Å². The van der Waals surface area contributed by atoms with E-state index in [2.05, 4.69) is 34.5 Å². The Bertz CT molecular complexity index is 217. The number of nitrogens with zero attached hydrogens (tertiary/aromatic N) is 2. The van der Waals surface area contributed by atoms with E-state index in [0.717, 1.165) is 25.7 Å². The van der Waals surface area contributed by atoms with Gasteiger partial charge in [0.2, 0.25) is 0 Å². The standard InChI is InChI=1S/C12H27N5/c1-16(2)11-3-5-17(6-4-11)9-10-7-15-12(13)8-14-10/h10-12,14-15H,3-9,13H2,1-2H3. The summed E-state index contributed by atoms with van der Waals surface area (Å²) in [6.07, 6.45) is 2.73. The van der Waals surface area contributed by atoms with E-state index < -0.39 is 0 Å². The smallest absolute Gasteiger partial charge is 0.0675 e. The Morgan fingerprint density at radius 3 is 2.41 bits per heavy atom. The van der Waals surface area contributed by atoms with E-state index in [4.69, 9.17) is 5.73 Å². The summed E-state index contributed by atoms with van der Waals surface area (Å²) in [5.74, 6) is 0. The van der Waals surface area contributed by atoms with Gasteiger partial charge in [0.1, 0.15) is 0 Å². The average Bonchev–Trinajstić information content (AvgIpc) is 2.33. The molecule has 2 fully saturated rings. The second-order valence-corrected chi connectivity index (χ2v) is 5.62. The zero-order valence-electron chi connectivity index (χ0n) is 11.2. The van der Waals surface area contributed by atoms with Crippen molar-refractivity contribution < 1.29 is 0 Å². The summed E-state index contributed by atoms with van der Waals surface area (Å²) in [7, 11) is 4.38. The molecule has 2 heterocycles. The minimum Gasteiger partial charge on any atom is -0.315 e. The number of hydrogen-bond donors (Lipinski definition) is 3. The number of nitrogens with two attached hydrogens (primary N) is 1. The molecular formula is C12H27N5. The molecule has 4 N–H and O–H groups in total. The van der Waals surface area contributed by atoms with Crippen LogP contribution >= 0.6 is 0 Å². The van der Waals surface area contributed by atoms with Gasteiger partial charge in [0.25, 0.3) is 0 Å². The zero-order chi connectivity index (χ0) is 12.3. The van der Waals surface area contributed by atoms with Crippen LogP contribution in [0.25, 0.3) is 0 Å². The Morgan fingerprint density at radius 2 is 1.88 bits per heavy atom. The van der Waals surface area contributed by atoms with E-state index in [0.29, 0.717) is 6.04 Å². The van der Waals surface area contributed by atoms with Crippen molar-refractivity contribution in [2.75, 3.05) is 46.8 Å². The van der Waals surface area contributed by atoms with Gasteiger partial charge >= 0.3 is 0 Å². The first-order chi connectivity index (χ1) is 8.15. The van der Waals surface area contributed by atoms with Crippen molar-refractivity contribution in [1.29, 1.82) is 0 Å². The molecule has 17 heavy (non-hydrogen) atoms. The third-order valence-corrected chi connectivity index (χ3v) is 4.02. The Morgan fingerprint density at radius 1 is 1.18 bits per heavy atom. The Hall–Kier alpha value is -0.200. The maximum Gasteiger partial charge on any atom is 0.0675 e. The minimum absolute atomic E-state index is 0.130. The molecule has 0 aromatic carbocycles. The van der Waals surface area contributed by atoms with E-state index in [9.17, 15) is 0 Å². The maximum atomic E-state index is 5.79. The van der Waals surface area contributed by atoms with E-state index in [1.165, 1.54) is 25.9 Å². The van der Waals surface area contributed by atoms with Gasteiger partial charge < -0.3 is 20.9 Å². The topological polar surface area (TPSA) is 56.6 Å². The van der Waals surface area contributed by atoms with Crippen LogP contribution in [0.4, 0.5) is 0 Å². The lowest BCUT2D eigenvalue weighted by Crippen LogP contribution is -2.61. The number of likely N-dealkylation sites (tertiary alicyclic amines) is 1. The number of piperidine rings is 1. The summed E-state index contributed by atoms with van der Waals surface area (Å²) >= 11 is 0. The van der Waals surface area contributed by atoms with Crippen molar-refractivity contribution in [3.8, 4) is 0 Å². The zero-order valence-corrected chi connectivity index (χ0v) is 11.2. The molecule has 0 bridgehead atoms. The number of nitrogens with one attached hydrogen (secondary N) is 2. The molecular weight excluding hydrogens is 214 g/mol. The summed E-state index contributed by atoms with van der Waals surface area (Å²) in [6.45, 7) is 5.49. The van der Waals surface area contributed by atoms with Crippen LogP contribution in [0.5, 0.6) is 0 Å². The molecule has 2 atom stereocenters. The molecule has 2 unspecified atom stereocenters. The third kappa shape index (κ3) is 3.89. The molecule has 2 saturated heterocycles. The van der Waals surface area contributed by atoms with Crippen LogP contribution < -0.4 is 16.4 Å². The molecule has 0 aromatic heterocycles. The van der Waals surface area contributed by atoms with Crippen LogP contribution in [0.3, 0.4) is 0 Å². The van der Waals surface area contributed by atoms with Crippen molar-refractivity contribution in [3.05, 3.63) is 0 Å². The van der Waals surface area contributed by atoms with Crippen LogP contribution in [-0.4, -0.2) is 74.9 Å². The van der Waals surface area contributed by atoms with Gasteiger partial charge in [-0.15, -0.1) is 0 Å². The van der Waals surface area contributed by atoms with E-state index in [1.54, 1.807) is 0 Å². The van der Waals surface area contributed by atoms with Gasteiger partial charge in [0, 0.05) is 31.7 Å². The quantitative estimate of drug-likeness (QED) is 0.583. The number of hydrogen-bond acceptors (Lipinski definition) is 5. The number of rotatable bonds is 3. The van der Waals surface area contributed by atoms with E-state index >= 15 is 0 Å². The average molecular weight is 241 g/mol. The van der Waals surface area contributed by atoms with Crippen LogP contribution in [-0.2, 0) is 0 Å². The van der Waals surface area contributed by atoms with Gasteiger partial charge in [-0.2, -0.15) is 0 Å². The SMILES string of the molecule is CN(C)C1CCN(CC2CNC(N)CN2)CC1. The highest BCUT2D eigenvalue weighted by Crippen LogP contribution is 2.14. The van der Waals surface area contributed by atoms with Gasteiger partial charge in [0.15, 0.2) is 0 Å². The van der Waals surface area contributed by atoms with Gasteiger partial charge in [-0.25, -0.2) is 0 Å². The third-order valence-electron chi connectivity index (χ3n) is 4.02. The molecule has 0 amide bonds. The maximum absolute atomic E-state index is 5.79. The molecule has 0 aliphatic carbocycles. The van der Waals surface area contributed by atoms with E-state index in [1.807, 2.05) is 0 Å². The van der Waals surface area contributed by atoms with E-state index in [-0.39, 0.29) is 6.17 Å². The predicted octanol–water partition coefficient (Wildman–Crippen LogP) is -1.14. The van der Waals surface area contributed by atoms with Crippen LogP contribution in [0.1, 0.15) is 12.8 Å². The normalized spacial score (nSPS) is 33.2. The highest BCUT2D eigenvalue weighted by atomic mass is 15.2. The summed E-state index contributed by atoms with van der Waals surface area (Å²) in [5, 5.41) is 6.84. The fraction of sp³-hybridized carbons (Fsp3) is 1.00. The first-order valence-electron chi connectivity index (χ1n) is 6.76. The summed E-state index contributed by atoms with van der Waals surface area (Å²) in [4.78, 5) is 4.94. The van der Waals surface area contributed by atoms with Crippen LogP contribution in [0, 0.1) is 0 Å². The summed E-state index contributed by atoms with van der Waals surface area (Å²) < 4.78 is 0. The molecule has 0 spiro atoms. The lowest BCUT2D eigenvalue weighted by Gasteiger charge is -2.38. The molecule has 5 nitrogen and oxygen atoms in total. The fourth-order valence-corrected chi connectivity index (χ4v) is 2.79. The fourth-order valence-electron chi connectivity index (χ4n) is 2.79. The minimum atomic E-state index is 0.130. The molecule has 2 rings (SSSR count). The van der Waals surface area contributed by atoms with Gasteiger partial charge in [-0.3, -0.25) is 5.32 Å². The Labute approximate surface area is 105 Å². The molecule has 0 saturated carbocycles. The highest BCUT2D eigenvalue weighted by molar-refractivity contribution is 4.85. The van der Waals surface area contributed by atoms with Gasteiger partial charge in [-0.05, 0) is 40.0 Å². The highest BCUT2D eigenvalue weighted by Gasteiger charge is 2.24. The first kappa shape index (κ1) is 13.2. The number of piperazine rings is 1. The molecule has 0 aromatic rings. The van der Waals surface area contributed by atoms with Crippen molar-refractivity contribution in [1.82, 2.24) is 20.4 Å². The first-order valence-corrected chi connectivity index (χ1v) is 6.76. The Balaban J connectivity index is 1.67. The van der Waals surface area contributed by atoms with Crippen molar-refractivity contribution in [2.24, 2.45) is 5.73 Å². The lowest BCUT2D eigenvalue weighted by atomic mass is 10.0. The van der Waals surface area contributed by atoms with Crippen molar-refractivity contribution in [3.63, 3.8) is 0 Å². The lowest BCUT2D eigenvalue weighted by molar-refractivity contribution is 0.130. The molecule has 0 radical (unpaired) electrons. The molecule has 2 aliphatic heterocycles. The Kier molecular flexibility index (Phi) is 4.76. The van der Waals surface area contributed by atoms with Crippen LogP contribution in [0.15, 0.2) is 0 Å². The molecule has 5 heteroatoms. The molecule has 100 valence electrons. The summed E-state index contributed by atoms with van der Waals surface area (Å²) in [5.41, 5.74) is 5.79. The van der Waals surface area contributed by atoms with Crippen LogP contribution in [0.2, 0.25) is 0 Å². The summed E-state index contributed by atoms with van der Waals surface area (Å²) in [6, 6.07) is 1.34. The largest absolute Gasteiger partial charge is 0.315 e. The second kappa shape index (κ2) is 6.11.